The summed E-state index contributed by atoms with van der Waals surface area (Å²) in [5.74, 6) is 0.138. The highest BCUT2D eigenvalue weighted by Crippen LogP contribution is 2.08. The number of aliphatic hydroxyl groups is 1. The average molecular weight is 249 g/mol. The summed E-state index contributed by atoms with van der Waals surface area (Å²) in [6, 6.07) is 8.43. The summed E-state index contributed by atoms with van der Waals surface area (Å²) in [5, 5.41) is 8.85. The van der Waals surface area contributed by atoms with Crippen molar-refractivity contribution in [2.75, 3.05) is 19.7 Å². The number of rotatable bonds is 7. The Labute approximate surface area is 109 Å². The molecular formula is C15H23NO2. The van der Waals surface area contributed by atoms with E-state index in [0.717, 1.165) is 12.8 Å². The number of likely N-dealkylation sites (N-methyl/N-ethyl adjacent to an activating group) is 1. The quantitative estimate of drug-likeness (QED) is 0.804. The zero-order valence-corrected chi connectivity index (χ0v) is 11.4. The minimum Gasteiger partial charge on any atom is -0.395 e. The Morgan fingerprint density at radius 1 is 1.28 bits per heavy atom. The number of hydrogen-bond donors (Lipinski definition) is 1. The molecule has 0 unspecified atom stereocenters. The number of hydrogen-bond acceptors (Lipinski definition) is 2. The van der Waals surface area contributed by atoms with Gasteiger partial charge in [0.15, 0.2) is 0 Å². The van der Waals surface area contributed by atoms with E-state index in [9.17, 15) is 4.79 Å². The molecule has 3 nitrogen and oxygen atoms in total. The van der Waals surface area contributed by atoms with Crippen molar-refractivity contribution >= 4 is 5.91 Å². The Bertz CT molecular complexity index is 359. The highest BCUT2D eigenvalue weighted by Gasteiger charge is 2.10. The predicted molar refractivity (Wildman–Crippen MR) is 73.5 cm³/mol. The zero-order valence-electron chi connectivity index (χ0n) is 11.4. The van der Waals surface area contributed by atoms with Crippen molar-refractivity contribution in [2.45, 2.75) is 33.1 Å². The first-order valence-corrected chi connectivity index (χ1v) is 6.61. The van der Waals surface area contributed by atoms with Gasteiger partial charge in [0.1, 0.15) is 0 Å². The second-order valence-corrected chi connectivity index (χ2v) is 4.54. The maximum Gasteiger partial charge on any atom is 0.222 e. The van der Waals surface area contributed by atoms with Crippen LogP contribution in [0.15, 0.2) is 24.3 Å². The monoisotopic (exact) mass is 249 g/mol. The second kappa shape index (κ2) is 7.88. The van der Waals surface area contributed by atoms with Crippen LogP contribution in [0, 0.1) is 6.92 Å². The summed E-state index contributed by atoms with van der Waals surface area (Å²) in [7, 11) is 0. The largest absolute Gasteiger partial charge is 0.395 e. The summed E-state index contributed by atoms with van der Waals surface area (Å²) in [5.41, 5.74) is 2.54. The molecule has 0 saturated heterocycles. The van der Waals surface area contributed by atoms with Crippen LogP contribution in [0.1, 0.15) is 30.9 Å². The molecule has 1 N–H and O–H groups in total. The number of amides is 1. The normalized spacial score (nSPS) is 10.4. The molecule has 0 aliphatic carbocycles. The van der Waals surface area contributed by atoms with Crippen LogP contribution in [0.5, 0.6) is 0 Å². The molecule has 1 amide bonds. The molecule has 100 valence electrons. The van der Waals surface area contributed by atoms with E-state index in [-0.39, 0.29) is 12.5 Å². The smallest absolute Gasteiger partial charge is 0.222 e. The third kappa shape index (κ3) is 4.88. The van der Waals surface area contributed by atoms with Gasteiger partial charge in [-0.2, -0.15) is 0 Å². The van der Waals surface area contributed by atoms with Crippen molar-refractivity contribution in [2.24, 2.45) is 0 Å². The SMILES string of the molecule is CCN(CCO)C(=O)CCCc1ccc(C)cc1. The first kappa shape index (κ1) is 14.7. The Morgan fingerprint density at radius 3 is 2.50 bits per heavy atom. The molecule has 18 heavy (non-hydrogen) atoms. The standard InChI is InChI=1S/C15H23NO2/c1-3-16(11-12-17)15(18)6-4-5-14-9-7-13(2)8-10-14/h7-10,17H,3-6,11-12H2,1-2H3. The van der Waals surface area contributed by atoms with E-state index < -0.39 is 0 Å². The maximum absolute atomic E-state index is 11.8. The van der Waals surface area contributed by atoms with Gasteiger partial charge in [0.05, 0.1) is 6.61 Å². The minimum atomic E-state index is 0.0392. The van der Waals surface area contributed by atoms with E-state index in [1.54, 1.807) is 4.90 Å². The van der Waals surface area contributed by atoms with Gasteiger partial charge in [0.25, 0.3) is 0 Å². The molecule has 3 heteroatoms. The lowest BCUT2D eigenvalue weighted by molar-refractivity contribution is -0.131. The van der Waals surface area contributed by atoms with Gasteiger partial charge in [-0.15, -0.1) is 0 Å². The van der Waals surface area contributed by atoms with E-state index in [1.165, 1.54) is 11.1 Å². The molecule has 1 rings (SSSR count). The first-order chi connectivity index (χ1) is 8.67. The lowest BCUT2D eigenvalue weighted by Gasteiger charge is -2.19. The second-order valence-electron chi connectivity index (χ2n) is 4.54. The fourth-order valence-electron chi connectivity index (χ4n) is 1.94. The van der Waals surface area contributed by atoms with Crippen LogP contribution in [0.2, 0.25) is 0 Å². The average Bonchev–Trinajstić information content (AvgIpc) is 2.38. The highest BCUT2D eigenvalue weighted by atomic mass is 16.3. The van der Waals surface area contributed by atoms with Gasteiger partial charge in [-0.3, -0.25) is 4.79 Å². The molecule has 0 aliphatic rings. The van der Waals surface area contributed by atoms with E-state index in [4.69, 9.17) is 5.11 Å². The summed E-state index contributed by atoms with van der Waals surface area (Å²) in [6.45, 7) is 5.16. The van der Waals surface area contributed by atoms with E-state index in [0.29, 0.717) is 19.5 Å². The zero-order chi connectivity index (χ0) is 13.4. The Kier molecular flexibility index (Phi) is 6.44. The van der Waals surface area contributed by atoms with Gasteiger partial charge in [-0.1, -0.05) is 29.8 Å². The number of aliphatic hydroxyl groups excluding tert-OH is 1. The summed E-state index contributed by atoms with van der Waals surface area (Å²) in [4.78, 5) is 13.5. The lowest BCUT2D eigenvalue weighted by atomic mass is 10.1. The van der Waals surface area contributed by atoms with Crippen molar-refractivity contribution in [1.82, 2.24) is 4.90 Å². The van der Waals surface area contributed by atoms with E-state index in [2.05, 4.69) is 31.2 Å². The molecule has 0 fully saturated rings. The fourth-order valence-corrected chi connectivity index (χ4v) is 1.94. The molecular weight excluding hydrogens is 226 g/mol. The third-order valence-electron chi connectivity index (χ3n) is 3.08. The molecule has 1 aromatic rings. The lowest BCUT2D eigenvalue weighted by Crippen LogP contribution is -2.33. The van der Waals surface area contributed by atoms with Crippen molar-refractivity contribution in [1.29, 1.82) is 0 Å². The molecule has 0 spiro atoms. The number of carbonyl (C=O) groups is 1. The molecule has 1 aromatic carbocycles. The van der Waals surface area contributed by atoms with Crippen LogP contribution < -0.4 is 0 Å². The third-order valence-corrected chi connectivity index (χ3v) is 3.08. The minimum absolute atomic E-state index is 0.0392. The van der Waals surface area contributed by atoms with Crippen LogP contribution in [-0.2, 0) is 11.2 Å². The Balaban J connectivity index is 2.32. The van der Waals surface area contributed by atoms with Crippen LogP contribution >= 0.6 is 0 Å². The van der Waals surface area contributed by atoms with Gasteiger partial charge >= 0.3 is 0 Å². The van der Waals surface area contributed by atoms with Gasteiger partial charge in [0.2, 0.25) is 5.91 Å². The Hall–Kier alpha value is -1.35. The number of benzene rings is 1. The number of aryl methyl sites for hydroxylation is 2. The van der Waals surface area contributed by atoms with E-state index in [1.807, 2.05) is 6.92 Å². The molecule has 0 atom stereocenters. The van der Waals surface area contributed by atoms with Gasteiger partial charge in [-0.05, 0) is 32.3 Å². The van der Waals surface area contributed by atoms with Crippen LogP contribution in [0.4, 0.5) is 0 Å². The van der Waals surface area contributed by atoms with Crippen molar-refractivity contribution in [3.8, 4) is 0 Å². The summed E-state index contributed by atoms with van der Waals surface area (Å²) < 4.78 is 0. The highest BCUT2D eigenvalue weighted by molar-refractivity contribution is 5.76. The maximum atomic E-state index is 11.8. The van der Waals surface area contributed by atoms with Gasteiger partial charge in [-0.25, -0.2) is 0 Å². The van der Waals surface area contributed by atoms with Crippen molar-refractivity contribution < 1.29 is 9.90 Å². The topological polar surface area (TPSA) is 40.5 Å². The molecule has 0 bridgehead atoms. The Morgan fingerprint density at radius 2 is 1.94 bits per heavy atom. The molecule has 0 heterocycles. The number of carbonyl (C=O) groups excluding carboxylic acids is 1. The molecule has 0 aromatic heterocycles. The predicted octanol–water partition coefficient (Wildman–Crippen LogP) is 2.16. The fraction of sp³-hybridized carbons (Fsp3) is 0.533. The summed E-state index contributed by atoms with van der Waals surface area (Å²) in [6.07, 6.45) is 2.36. The van der Waals surface area contributed by atoms with Crippen LogP contribution in [0.25, 0.3) is 0 Å². The van der Waals surface area contributed by atoms with Crippen molar-refractivity contribution in [3.05, 3.63) is 35.4 Å². The van der Waals surface area contributed by atoms with Crippen molar-refractivity contribution in [3.63, 3.8) is 0 Å². The number of nitrogens with zero attached hydrogens (tertiary/aromatic N) is 1. The first-order valence-electron chi connectivity index (χ1n) is 6.61. The van der Waals surface area contributed by atoms with E-state index >= 15 is 0 Å². The van der Waals surface area contributed by atoms with Gasteiger partial charge < -0.3 is 10.0 Å². The molecule has 0 aliphatic heterocycles. The van der Waals surface area contributed by atoms with Gasteiger partial charge in [0, 0.05) is 19.5 Å². The van der Waals surface area contributed by atoms with Crippen LogP contribution in [-0.4, -0.2) is 35.6 Å². The molecule has 0 radical (unpaired) electrons. The summed E-state index contributed by atoms with van der Waals surface area (Å²) >= 11 is 0. The molecule has 0 saturated carbocycles. The van der Waals surface area contributed by atoms with Crippen LogP contribution in [0.3, 0.4) is 0 Å².